The van der Waals surface area contributed by atoms with Crippen LogP contribution in [0.2, 0.25) is 0 Å². The maximum atomic E-state index is 12.6. The van der Waals surface area contributed by atoms with Crippen LogP contribution in [0.25, 0.3) is 10.9 Å². The van der Waals surface area contributed by atoms with Gasteiger partial charge >= 0.3 is 6.18 Å². The van der Waals surface area contributed by atoms with Crippen LogP contribution in [0.5, 0.6) is 0 Å². The summed E-state index contributed by atoms with van der Waals surface area (Å²) in [6.07, 6.45) is -4.43. The lowest BCUT2D eigenvalue weighted by molar-refractivity contribution is -0.140. The Hall–Kier alpha value is -2.15. The van der Waals surface area contributed by atoms with Crippen LogP contribution in [-0.2, 0) is 12.7 Å². The molecule has 2 heterocycles. The van der Waals surface area contributed by atoms with Crippen LogP contribution in [0.4, 0.5) is 19.0 Å². The predicted molar refractivity (Wildman–Crippen MR) is 126 cm³/mol. The van der Waals surface area contributed by atoms with E-state index in [9.17, 15) is 13.2 Å². The zero-order valence-electron chi connectivity index (χ0n) is 16.2. The number of anilines is 1. The number of pyridine rings is 1. The van der Waals surface area contributed by atoms with E-state index in [-0.39, 0.29) is 30.5 Å². The van der Waals surface area contributed by atoms with Crippen molar-refractivity contribution in [1.82, 2.24) is 20.6 Å². The summed E-state index contributed by atoms with van der Waals surface area (Å²) < 4.78 is 37.9. The highest BCUT2D eigenvalue weighted by molar-refractivity contribution is 14.0. The standard InChI is InChI=1S/C19H21F3N6S.HI/c1-2-23-18(26-11-17-28-15(12-29-17)19(20,21)22)25-10-9-24-16-8-7-13-5-3-4-6-14(13)27-16;/h3-8,12H,2,9-11H2,1H3,(H,24,27)(H2,23,25,26);1H. The number of nitrogens with one attached hydrogen (secondary N) is 3. The van der Waals surface area contributed by atoms with Crippen molar-refractivity contribution in [2.75, 3.05) is 25.0 Å². The molecule has 6 nitrogen and oxygen atoms in total. The third kappa shape index (κ3) is 6.97. The van der Waals surface area contributed by atoms with Gasteiger partial charge in [-0.25, -0.2) is 15.0 Å². The van der Waals surface area contributed by atoms with Crippen molar-refractivity contribution in [3.63, 3.8) is 0 Å². The van der Waals surface area contributed by atoms with E-state index < -0.39 is 11.9 Å². The van der Waals surface area contributed by atoms with Gasteiger partial charge in [0.05, 0.1) is 12.1 Å². The Morgan fingerprint density at radius 3 is 2.60 bits per heavy atom. The summed E-state index contributed by atoms with van der Waals surface area (Å²) in [6.45, 7) is 3.80. The minimum atomic E-state index is -4.43. The van der Waals surface area contributed by atoms with Crippen molar-refractivity contribution in [2.24, 2.45) is 4.99 Å². The lowest BCUT2D eigenvalue weighted by atomic mass is 10.2. The number of fused-ring (bicyclic) bond motifs is 1. The summed E-state index contributed by atoms with van der Waals surface area (Å²) >= 11 is 0.949. The molecule has 0 aliphatic heterocycles. The van der Waals surface area contributed by atoms with Gasteiger partial charge in [0, 0.05) is 30.4 Å². The molecular weight excluding hydrogens is 528 g/mol. The van der Waals surface area contributed by atoms with Crippen molar-refractivity contribution < 1.29 is 13.2 Å². The van der Waals surface area contributed by atoms with Crippen LogP contribution in [-0.4, -0.2) is 35.6 Å². The summed E-state index contributed by atoms with van der Waals surface area (Å²) in [5.74, 6) is 1.29. The molecule has 3 rings (SSSR count). The molecule has 11 heteroatoms. The number of rotatable bonds is 7. The highest BCUT2D eigenvalue weighted by Crippen LogP contribution is 2.30. The third-order valence-corrected chi connectivity index (χ3v) is 4.71. The smallest absolute Gasteiger partial charge is 0.368 e. The first-order chi connectivity index (χ1) is 14.0. The number of hydrogen-bond acceptors (Lipinski definition) is 5. The molecule has 0 saturated heterocycles. The van der Waals surface area contributed by atoms with Crippen LogP contribution in [0.1, 0.15) is 17.6 Å². The molecule has 30 heavy (non-hydrogen) atoms. The van der Waals surface area contributed by atoms with Gasteiger partial charge < -0.3 is 16.0 Å². The Labute approximate surface area is 193 Å². The summed E-state index contributed by atoms with van der Waals surface area (Å²) in [4.78, 5) is 12.4. The second-order valence-corrected chi connectivity index (χ2v) is 7.00. The number of aromatic nitrogens is 2. The Kier molecular flexibility index (Phi) is 9.08. The molecule has 0 bridgehead atoms. The number of nitrogens with zero attached hydrogens (tertiary/aromatic N) is 3. The van der Waals surface area contributed by atoms with E-state index in [1.54, 1.807) is 0 Å². The minimum Gasteiger partial charge on any atom is -0.368 e. The van der Waals surface area contributed by atoms with Gasteiger partial charge in [0.15, 0.2) is 11.7 Å². The Morgan fingerprint density at radius 2 is 1.87 bits per heavy atom. The van der Waals surface area contributed by atoms with Gasteiger partial charge in [-0.15, -0.1) is 35.3 Å². The normalized spacial score (nSPS) is 11.8. The molecule has 0 radical (unpaired) electrons. The molecule has 2 aromatic heterocycles. The first kappa shape index (κ1) is 24.1. The average molecular weight is 550 g/mol. The number of benzene rings is 1. The lowest BCUT2D eigenvalue weighted by Gasteiger charge is -2.12. The van der Waals surface area contributed by atoms with E-state index in [4.69, 9.17) is 0 Å². The van der Waals surface area contributed by atoms with Crippen LogP contribution in [0, 0.1) is 0 Å². The van der Waals surface area contributed by atoms with Gasteiger partial charge in [0.1, 0.15) is 10.8 Å². The summed E-state index contributed by atoms with van der Waals surface area (Å²) in [7, 11) is 0. The molecular formula is C19H22F3IN6S. The van der Waals surface area contributed by atoms with Gasteiger partial charge in [-0.3, -0.25) is 0 Å². The fourth-order valence-electron chi connectivity index (χ4n) is 2.54. The van der Waals surface area contributed by atoms with E-state index in [1.165, 1.54) is 0 Å². The largest absolute Gasteiger partial charge is 0.434 e. The zero-order valence-corrected chi connectivity index (χ0v) is 19.3. The summed E-state index contributed by atoms with van der Waals surface area (Å²) in [6, 6.07) is 11.8. The van der Waals surface area contributed by atoms with Crippen molar-refractivity contribution in [3.8, 4) is 0 Å². The van der Waals surface area contributed by atoms with E-state index in [0.29, 0.717) is 30.6 Å². The van der Waals surface area contributed by atoms with Crippen molar-refractivity contribution in [2.45, 2.75) is 19.6 Å². The van der Waals surface area contributed by atoms with Crippen LogP contribution in [0.3, 0.4) is 0 Å². The number of hydrogen-bond donors (Lipinski definition) is 3. The minimum absolute atomic E-state index is 0. The lowest BCUT2D eigenvalue weighted by Crippen LogP contribution is -2.39. The van der Waals surface area contributed by atoms with Gasteiger partial charge in [-0.1, -0.05) is 18.2 Å². The topological polar surface area (TPSA) is 74.2 Å². The number of alkyl halides is 3. The van der Waals surface area contributed by atoms with Gasteiger partial charge in [0.25, 0.3) is 0 Å². The van der Waals surface area contributed by atoms with Crippen LogP contribution < -0.4 is 16.0 Å². The summed E-state index contributed by atoms with van der Waals surface area (Å²) in [5.41, 5.74) is 0.0415. The SMILES string of the molecule is CCNC(=NCc1nc(C(F)(F)F)cs1)NCCNc1ccc2ccccc2n1.I. The molecule has 1 aromatic carbocycles. The highest BCUT2D eigenvalue weighted by atomic mass is 127. The third-order valence-electron chi connectivity index (χ3n) is 3.88. The number of halogens is 4. The molecule has 0 atom stereocenters. The molecule has 0 fully saturated rings. The van der Waals surface area contributed by atoms with Gasteiger partial charge in [-0.2, -0.15) is 13.2 Å². The van der Waals surface area contributed by atoms with E-state index in [0.717, 1.165) is 33.4 Å². The first-order valence-electron chi connectivity index (χ1n) is 9.09. The van der Waals surface area contributed by atoms with Crippen molar-refractivity contribution in [3.05, 3.63) is 52.5 Å². The molecule has 0 saturated carbocycles. The van der Waals surface area contributed by atoms with Crippen molar-refractivity contribution >= 4 is 58.0 Å². The fourth-order valence-corrected chi connectivity index (χ4v) is 3.26. The maximum Gasteiger partial charge on any atom is 0.434 e. The monoisotopic (exact) mass is 550 g/mol. The average Bonchev–Trinajstić information content (AvgIpc) is 3.19. The molecule has 0 unspecified atom stereocenters. The molecule has 0 spiro atoms. The zero-order chi connectivity index (χ0) is 20.7. The van der Waals surface area contributed by atoms with E-state index in [2.05, 4.69) is 30.9 Å². The second kappa shape index (κ2) is 11.3. The molecule has 0 aliphatic carbocycles. The highest BCUT2D eigenvalue weighted by Gasteiger charge is 2.33. The number of thiazole rings is 1. The number of guanidine groups is 1. The van der Waals surface area contributed by atoms with E-state index >= 15 is 0 Å². The summed E-state index contributed by atoms with van der Waals surface area (Å²) in [5, 5.41) is 11.8. The molecule has 0 amide bonds. The Bertz CT molecular complexity index is 976. The van der Waals surface area contributed by atoms with Crippen molar-refractivity contribution in [1.29, 1.82) is 0 Å². The second-order valence-electron chi connectivity index (χ2n) is 6.06. The van der Waals surface area contributed by atoms with E-state index in [1.807, 2.05) is 43.3 Å². The fraction of sp³-hybridized carbons (Fsp3) is 0.316. The van der Waals surface area contributed by atoms with Gasteiger partial charge in [0.2, 0.25) is 0 Å². The molecule has 3 aromatic rings. The molecule has 0 aliphatic rings. The first-order valence-corrected chi connectivity index (χ1v) is 9.97. The maximum absolute atomic E-state index is 12.6. The quantitative estimate of drug-likeness (QED) is 0.175. The molecule has 3 N–H and O–H groups in total. The predicted octanol–water partition coefficient (Wildman–Crippen LogP) is 4.50. The Morgan fingerprint density at radius 1 is 1.07 bits per heavy atom. The van der Waals surface area contributed by atoms with Gasteiger partial charge in [-0.05, 0) is 25.1 Å². The molecule has 162 valence electrons. The number of para-hydroxylation sites is 1. The van der Waals surface area contributed by atoms with Crippen LogP contribution >= 0.6 is 35.3 Å². The Balaban J connectivity index is 0.00000320. The van der Waals surface area contributed by atoms with Crippen LogP contribution in [0.15, 0.2) is 46.8 Å². The number of aliphatic imine (C=N–C) groups is 1.